The summed E-state index contributed by atoms with van der Waals surface area (Å²) < 4.78 is 13.9. The lowest BCUT2D eigenvalue weighted by molar-refractivity contribution is 0.628. The number of aromatic nitrogens is 1. The van der Waals surface area contributed by atoms with E-state index in [9.17, 15) is 4.39 Å². The van der Waals surface area contributed by atoms with Crippen LogP contribution in [-0.4, -0.2) is 4.98 Å². The molecule has 0 unspecified atom stereocenters. The topological polar surface area (TPSA) is 16.1 Å². The van der Waals surface area contributed by atoms with E-state index in [1.807, 2.05) is 12.1 Å². The summed E-state index contributed by atoms with van der Waals surface area (Å²) in [5.41, 5.74) is 15.0. The number of benzene rings is 8. The Hall–Kier alpha value is -6.36. The summed E-state index contributed by atoms with van der Waals surface area (Å²) in [6, 6.07) is 57.3. The van der Waals surface area contributed by atoms with Crippen molar-refractivity contribution in [3.63, 3.8) is 0 Å². The van der Waals surface area contributed by atoms with E-state index in [0.29, 0.717) is 0 Å². The molecule has 0 fully saturated rings. The molecular formula is C50H33FN2S. The van der Waals surface area contributed by atoms with E-state index in [4.69, 9.17) is 4.98 Å². The minimum absolute atomic E-state index is 0.131. The maximum absolute atomic E-state index is 13.9. The van der Waals surface area contributed by atoms with Crippen LogP contribution in [0.25, 0.3) is 76.1 Å². The van der Waals surface area contributed by atoms with Crippen molar-refractivity contribution >= 4 is 49.9 Å². The lowest BCUT2D eigenvalue weighted by Gasteiger charge is -2.28. The van der Waals surface area contributed by atoms with Gasteiger partial charge < -0.3 is 4.90 Å². The number of fused-ring (bicyclic) bond motifs is 8. The fraction of sp³-hybridized carbons (Fsp3) is 0.0600. The average molecular weight is 713 g/mol. The van der Waals surface area contributed by atoms with Gasteiger partial charge in [-0.2, -0.15) is 0 Å². The summed E-state index contributed by atoms with van der Waals surface area (Å²) in [4.78, 5) is 8.88. The van der Waals surface area contributed by atoms with Gasteiger partial charge >= 0.3 is 0 Å². The number of rotatable bonds is 5. The number of anilines is 3. The Balaban J connectivity index is 1.02. The summed E-state index contributed by atoms with van der Waals surface area (Å²) in [5, 5.41) is 6.15. The minimum Gasteiger partial charge on any atom is -0.310 e. The van der Waals surface area contributed by atoms with Crippen LogP contribution in [0.1, 0.15) is 25.0 Å². The van der Waals surface area contributed by atoms with Crippen molar-refractivity contribution in [2.75, 3.05) is 4.90 Å². The van der Waals surface area contributed by atoms with Crippen LogP contribution in [0.4, 0.5) is 21.5 Å². The molecular weight excluding hydrogens is 680 g/mol. The molecule has 0 bridgehead atoms. The van der Waals surface area contributed by atoms with Crippen LogP contribution >= 0.6 is 11.3 Å². The third kappa shape index (κ3) is 4.60. The number of nitrogens with zero attached hydrogens (tertiary/aromatic N) is 2. The zero-order valence-corrected chi connectivity index (χ0v) is 30.6. The van der Waals surface area contributed by atoms with Gasteiger partial charge in [-0.25, -0.2) is 9.37 Å². The molecule has 0 N–H and O–H groups in total. The van der Waals surface area contributed by atoms with E-state index >= 15 is 0 Å². The Kier molecular flexibility index (Phi) is 6.68. The summed E-state index contributed by atoms with van der Waals surface area (Å²) >= 11 is 1.77. The van der Waals surface area contributed by atoms with Gasteiger partial charge in [-0.15, -0.1) is 11.3 Å². The zero-order valence-electron chi connectivity index (χ0n) is 29.8. The van der Waals surface area contributed by atoms with Gasteiger partial charge in [-0.1, -0.05) is 111 Å². The summed E-state index contributed by atoms with van der Waals surface area (Å²) in [5.74, 6) is -0.237. The van der Waals surface area contributed by atoms with Crippen molar-refractivity contribution in [1.82, 2.24) is 4.98 Å². The molecule has 0 aliphatic heterocycles. The molecule has 0 spiro atoms. The number of hydrogen-bond acceptors (Lipinski definition) is 3. The van der Waals surface area contributed by atoms with Gasteiger partial charge in [0.25, 0.3) is 0 Å². The normalized spacial score (nSPS) is 13.2. The predicted molar refractivity (Wildman–Crippen MR) is 225 cm³/mol. The van der Waals surface area contributed by atoms with Crippen molar-refractivity contribution in [2.45, 2.75) is 19.3 Å². The molecule has 11 rings (SSSR count). The third-order valence-electron chi connectivity index (χ3n) is 11.5. The zero-order chi connectivity index (χ0) is 36.1. The molecule has 0 saturated heterocycles. The molecule has 0 radical (unpaired) electrons. The van der Waals surface area contributed by atoms with Gasteiger partial charge in [-0.05, 0) is 116 Å². The van der Waals surface area contributed by atoms with Crippen molar-refractivity contribution in [2.24, 2.45) is 0 Å². The Morgan fingerprint density at radius 3 is 2.07 bits per heavy atom. The van der Waals surface area contributed by atoms with E-state index in [1.165, 1.54) is 71.9 Å². The lowest BCUT2D eigenvalue weighted by atomic mass is 9.82. The number of halogens is 1. The molecule has 256 valence electrons. The summed E-state index contributed by atoms with van der Waals surface area (Å²) in [6.07, 6.45) is 0. The summed E-state index contributed by atoms with van der Waals surface area (Å²) in [6.45, 7) is 4.64. The molecule has 2 aliphatic rings. The van der Waals surface area contributed by atoms with Crippen molar-refractivity contribution in [3.8, 4) is 54.5 Å². The van der Waals surface area contributed by atoms with Crippen LogP contribution in [0.15, 0.2) is 164 Å². The van der Waals surface area contributed by atoms with Crippen LogP contribution in [0.3, 0.4) is 0 Å². The molecule has 8 aromatic carbocycles. The molecule has 54 heavy (non-hydrogen) atoms. The maximum Gasteiger partial charge on any atom is 0.124 e. The van der Waals surface area contributed by atoms with Crippen molar-refractivity contribution in [3.05, 3.63) is 181 Å². The fourth-order valence-corrected chi connectivity index (χ4v) is 9.96. The molecule has 0 saturated carbocycles. The molecule has 0 atom stereocenters. The molecule has 2 nitrogen and oxygen atoms in total. The van der Waals surface area contributed by atoms with E-state index < -0.39 is 0 Å². The first kappa shape index (κ1) is 31.2. The molecule has 9 aromatic rings. The molecule has 0 amide bonds. The van der Waals surface area contributed by atoms with Gasteiger partial charge in [-0.3, -0.25) is 0 Å². The van der Waals surface area contributed by atoms with E-state index in [2.05, 4.69) is 158 Å². The Morgan fingerprint density at radius 2 is 1.20 bits per heavy atom. The van der Waals surface area contributed by atoms with Crippen LogP contribution in [0, 0.1) is 5.82 Å². The minimum atomic E-state index is -0.237. The van der Waals surface area contributed by atoms with Gasteiger partial charge in [0.1, 0.15) is 10.8 Å². The van der Waals surface area contributed by atoms with Crippen LogP contribution < -0.4 is 4.90 Å². The quantitative estimate of drug-likeness (QED) is 0.165. The van der Waals surface area contributed by atoms with Crippen molar-refractivity contribution < 1.29 is 4.39 Å². The SMILES string of the molecule is CC1(C)c2ccccc2-c2ccc(N(c3ccc(-c4nc5c(s4)-c4cccc6c4c-5cc4ccccc46)cc3)c3cccc(-c4ccc(F)cc4)c3)cc21. The molecule has 4 heteroatoms. The van der Waals surface area contributed by atoms with E-state index in [0.717, 1.165) is 44.5 Å². The Morgan fingerprint density at radius 1 is 0.519 bits per heavy atom. The fourth-order valence-electron chi connectivity index (χ4n) is 8.85. The largest absolute Gasteiger partial charge is 0.310 e. The van der Waals surface area contributed by atoms with E-state index in [1.54, 1.807) is 11.3 Å². The first-order valence-electron chi connectivity index (χ1n) is 18.4. The second-order valence-corrected chi connectivity index (χ2v) is 15.9. The standard InChI is InChI=1S/C50H33FN2S/c1-50(2)44-16-6-5-13-39(44)40-26-25-37(29-45(40)50)53(36-11-7-10-32(27-36)30-17-21-34(51)22-18-30)35-23-19-31(20-24-35)49-52-47-43-28-33-9-3-4-12-38(33)41-14-8-15-42(46(41)43)48(47)54-49/h3-29H,1-2H3. The average Bonchev–Trinajstić information content (AvgIpc) is 3.84. The van der Waals surface area contributed by atoms with Gasteiger partial charge in [0.05, 0.1) is 10.6 Å². The second-order valence-electron chi connectivity index (χ2n) is 14.9. The smallest absolute Gasteiger partial charge is 0.124 e. The van der Waals surface area contributed by atoms with Crippen LogP contribution in [0.5, 0.6) is 0 Å². The Bertz CT molecular complexity index is 2970. The van der Waals surface area contributed by atoms with Gasteiger partial charge in [0.2, 0.25) is 0 Å². The highest BCUT2D eigenvalue weighted by Gasteiger charge is 2.36. The Labute approximate surface area is 317 Å². The maximum atomic E-state index is 13.9. The third-order valence-corrected chi connectivity index (χ3v) is 12.6. The highest BCUT2D eigenvalue weighted by atomic mass is 32.1. The number of hydrogen-bond donors (Lipinski definition) is 0. The highest BCUT2D eigenvalue weighted by Crippen LogP contribution is 2.54. The predicted octanol–water partition coefficient (Wildman–Crippen LogP) is 14.3. The molecule has 2 aliphatic carbocycles. The highest BCUT2D eigenvalue weighted by molar-refractivity contribution is 7.19. The molecule has 1 aromatic heterocycles. The van der Waals surface area contributed by atoms with Gasteiger partial charge in [0.15, 0.2) is 0 Å². The van der Waals surface area contributed by atoms with E-state index in [-0.39, 0.29) is 11.2 Å². The lowest BCUT2D eigenvalue weighted by Crippen LogP contribution is -2.16. The van der Waals surface area contributed by atoms with Crippen molar-refractivity contribution in [1.29, 1.82) is 0 Å². The second kappa shape index (κ2) is 11.6. The van der Waals surface area contributed by atoms with Crippen LogP contribution in [0.2, 0.25) is 0 Å². The molecule has 1 heterocycles. The van der Waals surface area contributed by atoms with Gasteiger partial charge in [0, 0.05) is 44.6 Å². The first-order valence-corrected chi connectivity index (χ1v) is 19.2. The van der Waals surface area contributed by atoms with Crippen LogP contribution in [-0.2, 0) is 5.41 Å². The monoisotopic (exact) mass is 712 g/mol. The summed E-state index contributed by atoms with van der Waals surface area (Å²) in [7, 11) is 0. The number of thiazole rings is 1. The first-order chi connectivity index (χ1) is 26.4.